The van der Waals surface area contributed by atoms with Gasteiger partial charge in [0.2, 0.25) is 0 Å². The maximum atomic E-state index is 12.9. The lowest BCUT2D eigenvalue weighted by Gasteiger charge is -2.22. The van der Waals surface area contributed by atoms with Gasteiger partial charge < -0.3 is 10.6 Å². The first kappa shape index (κ1) is 23.0. The van der Waals surface area contributed by atoms with Gasteiger partial charge in [0.15, 0.2) is 0 Å². The Morgan fingerprint density at radius 2 is 1.82 bits per heavy atom. The van der Waals surface area contributed by atoms with Crippen LogP contribution in [-0.2, 0) is 28.9 Å². The quantitative estimate of drug-likeness (QED) is 0.541. The van der Waals surface area contributed by atoms with Crippen molar-refractivity contribution in [2.45, 2.75) is 64.0 Å². The lowest BCUT2D eigenvalue weighted by Crippen LogP contribution is -2.51. The van der Waals surface area contributed by atoms with Gasteiger partial charge >= 0.3 is 6.03 Å². The number of urea groups is 1. The molecular weight excluding hydrogens is 416 g/mol. The fourth-order valence-electron chi connectivity index (χ4n) is 4.54. The van der Waals surface area contributed by atoms with Crippen LogP contribution in [0.15, 0.2) is 48.5 Å². The number of amides is 4. The number of hydrazine groups is 1. The van der Waals surface area contributed by atoms with Gasteiger partial charge in [-0.1, -0.05) is 48.5 Å². The number of nitrogens with one attached hydrogen (secondary N) is 3. The highest BCUT2D eigenvalue weighted by Gasteiger charge is 2.48. The maximum absolute atomic E-state index is 12.9. The van der Waals surface area contributed by atoms with E-state index in [-0.39, 0.29) is 12.6 Å². The highest BCUT2D eigenvalue weighted by atomic mass is 16.2. The zero-order chi connectivity index (χ0) is 23.4. The molecule has 174 valence electrons. The summed E-state index contributed by atoms with van der Waals surface area (Å²) >= 11 is 0. The molecule has 1 aliphatic carbocycles. The molecule has 0 unspecified atom stereocenters. The van der Waals surface area contributed by atoms with Crippen molar-refractivity contribution in [2.75, 3.05) is 6.54 Å². The van der Waals surface area contributed by atoms with E-state index in [0.29, 0.717) is 12.8 Å². The molecule has 0 aromatic heterocycles. The van der Waals surface area contributed by atoms with E-state index in [9.17, 15) is 14.4 Å². The van der Waals surface area contributed by atoms with E-state index >= 15 is 0 Å². The zero-order valence-electron chi connectivity index (χ0n) is 19.3. The minimum Gasteiger partial charge on any atom is -0.322 e. The molecule has 4 amide bonds. The van der Waals surface area contributed by atoms with Crippen LogP contribution in [0.1, 0.15) is 61.4 Å². The summed E-state index contributed by atoms with van der Waals surface area (Å²) < 4.78 is 0. The molecule has 0 radical (unpaired) electrons. The molecular formula is C26H32N4O3. The van der Waals surface area contributed by atoms with Gasteiger partial charge in [-0.2, -0.15) is 5.01 Å². The SMILES string of the molecule is C[C@@H](NCC(=O)NN1C(=O)N[C@](C)(CCc2ccccc2)C1=O)c1ccc2c(c1)CCCC2. The molecule has 0 bridgehead atoms. The molecule has 1 fully saturated rings. The van der Waals surface area contributed by atoms with Crippen LogP contribution in [0.4, 0.5) is 4.79 Å². The van der Waals surface area contributed by atoms with Crippen LogP contribution in [-0.4, -0.2) is 34.9 Å². The second-order valence-corrected chi connectivity index (χ2v) is 9.26. The normalized spacial score (nSPS) is 20.8. The maximum Gasteiger partial charge on any atom is 0.344 e. The van der Waals surface area contributed by atoms with Gasteiger partial charge in [-0.3, -0.25) is 15.0 Å². The summed E-state index contributed by atoms with van der Waals surface area (Å²) in [6.45, 7) is 3.70. The van der Waals surface area contributed by atoms with Crippen molar-refractivity contribution in [1.29, 1.82) is 0 Å². The van der Waals surface area contributed by atoms with Crippen LogP contribution in [0.5, 0.6) is 0 Å². The van der Waals surface area contributed by atoms with Crippen molar-refractivity contribution in [3.8, 4) is 0 Å². The second-order valence-electron chi connectivity index (χ2n) is 9.26. The molecule has 0 spiro atoms. The molecule has 33 heavy (non-hydrogen) atoms. The smallest absolute Gasteiger partial charge is 0.322 e. The van der Waals surface area contributed by atoms with Crippen LogP contribution < -0.4 is 16.1 Å². The van der Waals surface area contributed by atoms with Crippen molar-refractivity contribution in [2.24, 2.45) is 0 Å². The predicted octanol–water partition coefficient (Wildman–Crippen LogP) is 3.19. The van der Waals surface area contributed by atoms with Crippen molar-refractivity contribution in [3.63, 3.8) is 0 Å². The molecule has 1 saturated heterocycles. The van der Waals surface area contributed by atoms with Gasteiger partial charge in [0.1, 0.15) is 5.54 Å². The summed E-state index contributed by atoms with van der Waals surface area (Å²) in [4.78, 5) is 37.8. The minimum absolute atomic E-state index is 0.00393. The van der Waals surface area contributed by atoms with Crippen LogP contribution in [0.2, 0.25) is 0 Å². The minimum atomic E-state index is -1.05. The second kappa shape index (κ2) is 9.75. The predicted molar refractivity (Wildman–Crippen MR) is 126 cm³/mol. The molecule has 7 heteroatoms. The number of carbonyl (C=O) groups excluding carboxylic acids is 3. The van der Waals surface area contributed by atoms with E-state index in [0.717, 1.165) is 29.0 Å². The van der Waals surface area contributed by atoms with Gasteiger partial charge in [0, 0.05) is 6.04 Å². The first-order valence-electron chi connectivity index (χ1n) is 11.7. The fourth-order valence-corrected chi connectivity index (χ4v) is 4.54. The lowest BCUT2D eigenvalue weighted by atomic mass is 9.89. The Kier molecular flexibility index (Phi) is 6.79. The summed E-state index contributed by atoms with van der Waals surface area (Å²) in [7, 11) is 0. The Morgan fingerprint density at radius 3 is 2.58 bits per heavy atom. The van der Waals surface area contributed by atoms with E-state index in [1.54, 1.807) is 6.92 Å². The van der Waals surface area contributed by atoms with Crippen molar-refractivity contribution in [3.05, 3.63) is 70.8 Å². The van der Waals surface area contributed by atoms with E-state index in [4.69, 9.17) is 0 Å². The number of hydrogen-bond donors (Lipinski definition) is 3. The average Bonchev–Trinajstić information content (AvgIpc) is 3.04. The number of nitrogens with zero attached hydrogens (tertiary/aromatic N) is 1. The third-order valence-corrected chi connectivity index (χ3v) is 6.70. The number of imide groups is 1. The standard InChI is InChI=1S/C26H32N4O3/c1-18(21-13-12-20-10-6-7-11-22(20)16-21)27-17-23(31)29-30-24(32)26(2,28-25(30)33)15-14-19-8-4-3-5-9-19/h3-5,8-9,12-13,16,18,27H,6-7,10-11,14-15,17H2,1-2H3,(H,28,33)(H,29,31)/t18-,26-/m1/s1. The molecule has 7 nitrogen and oxygen atoms in total. The summed E-state index contributed by atoms with van der Waals surface area (Å²) in [6, 6.07) is 15.7. The highest BCUT2D eigenvalue weighted by Crippen LogP contribution is 2.25. The monoisotopic (exact) mass is 448 g/mol. The molecule has 2 atom stereocenters. The highest BCUT2D eigenvalue weighted by molar-refractivity contribution is 6.07. The first-order valence-corrected chi connectivity index (χ1v) is 11.7. The van der Waals surface area contributed by atoms with Crippen LogP contribution in [0.25, 0.3) is 0 Å². The molecule has 0 saturated carbocycles. The number of fused-ring (bicyclic) bond motifs is 1. The summed E-state index contributed by atoms with van der Waals surface area (Å²) in [5, 5.41) is 6.73. The van der Waals surface area contributed by atoms with Crippen LogP contribution >= 0.6 is 0 Å². The number of rotatable bonds is 8. The lowest BCUT2D eigenvalue weighted by molar-refractivity contribution is -0.138. The molecule has 2 aliphatic rings. The van der Waals surface area contributed by atoms with E-state index in [1.807, 2.05) is 37.3 Å². The van der Waals surface area contributed by atoms with Gasteiger partial charge in [0.05, 0.1) is 6.54 Å². The number of benzene rings is 2. The van der Waals surface area contributed by atoms with Crippen molar-refractivity contribution < 1.29 is 14.4 Å². The molecule has 1 heterocycles. The molecule has 4 rings (SSSR count). The number of hydrogen-bond acceptors (Lipinski definition) is 4. The van der Waals surface area contributed by atoms with Gasteiger partial charge in [-0.05, 0) is 74.6 Å². The third kappa shape index (κ3) is 5.25. The topological polar surface area (TPSA) is 90.5 Å². The first-order chi connectivity index (χ1) is 15.9. The number of aryl methyl sites for hydroxylation is 3. The Labute approximate surface area is 194 Å². The van der Waals surface area contributed by atoms with Crippen molar-refractivity contribution >= 4 is 17.8 Å². The molecule has 3 N–H and O–H groups in total. The van der Waals surface area contributed by atoms with E-state index in [1.165, 1.54) is 24.0 Å². The summed E-state index contributed by atoms with van der Waals surface area (Å²) in [5.74, 6) is -0.880. The molecule has 2 aromatic carbocycles. The molecule has 1 aliphatic heterocycles. The Morgan fingerprint density at radius 1 is 1.09 bits per heavy atom. The Balaban J connectivity index is 1.29. The largest absolute Gasteiger partial charge is 0.344 e. The Hall–Kier alpha value is -3.19. The van der Waals surface area contributed by atoms with Crippen LogP contribution in [0, 0.1) is 0 Å². The summed E-state index contributed by atoms with van der Waals surface area (Å²) in [5.41, 5.74) is 6.44. The van der Waals surface area contributed by atoms with E-state index in [2.05, 4.69) is 34.3 Å². The van der Waals surface area contributed by atoms with Gasteiger partial charge in [-0.15, -0.1) is 0 Å². The third-order valence-electron chi connectivity index (χ3n) is 6.70. The van der Waals surface area contributed by atoms with Crippen LogP contribution in [0.3, 0.4) is 0 Å². The average molecular weight is 449 g/mol. The molecule has 2 aromatic rings. The van der Waals surface area contributed by atoms with Gasteiger partial charge in [-0.25, -0.2) is 4.79 Å². The number of carbonyl (C=O) groups is 3. The Bertz CT molecular complexity index is 1040. The summed E-state index contributed by atoms with van der Waals surface area (Å²) in [6.07, 6.45) is 5.79. The zero-order valence-corrected chi connectivity index (χ0v) is 19.3. The van der Waals surface area contributed by atoms with E-state index < -0.39 is 23.4 Å². The fraction of sp³-hybridized carbons (Fsp3) is 0.423. The van der Waals surface area contributed by atoms with Gasteiger partial charge in [0.25, 0.3) is 11.8 Å². The van der Waals surface area contributed by atoms with Crippen molar-refractivity contribution in [1.82, 2.24) is 21.1 Å².